The highest BCUT2D eigenvalue weighted by Gasteiger charge is 2.15. The minimum Gasteiger partial charge on any atom is -0.338 e. The first kappa shape index (κ1) is 17.0. The SMILES string of the molecule is CCCCNC(=O)Nc1c(C)nn(Cc2ccccc2F)c1C. The Kier molecular flexibility index (Phi) is 5.73. The molecule has 0 saturated carbocycles. The van der Waals surface area contributed by atoms with E-state index in [9.17, 15) is 9.18 Å². The number of anilines is 1. The molecule has 1 aromatic heterocycles. The summed E-state index contributed by atoms with van der Waals surface area (Å²) < 4.78 is 15.5. The molecule has 0 aliphatic heterocycles. The first-order valence-corrected chi connectivity index (χ1v) is 7.85. The number of urea groups is 1. The molecule has 6 heteroatoms. The molecular formula is C17H23FN4O. The number of nitrogens with zero attached hydrogens (tertiary/aromatic N) is 2. The highest BCUT2D eigenvalue weighted by Crippen LogP contribution is 2.21. The van der Waals surface area contributed by atoms with Gasteiger partial charge >= 0.3 is 6.03 Å². The Morgan fingerprint density at radius 2 is 2.04 bits per heavy atom. The lowest BCUT2D eigenvalue weighted by molar-refractivity contribution is 0.252. The zero-order valence-electron chi connectivity index (χ0n) is 13.8. The summed E-state index contributed by atoms with van der Waals surface area (Å²) in [5.41, 5.74) is 2.76. The van der Waals surface area contributed by atoms with Crippen molar-refractivity contribution in [1.82, 2.24) is 15.1 Å². The van der Waals surface area contributed by atoms with Gasteiger partial charge in [0, 0.05) is 12.1 Å². The summed E-state index contributed by atoms with van der Waals surface area (Å²) in [4.78, 5) is 11.9. The van der Waals surface area contributed by atoms with Crippen molar-refractivity contribution < 1.29 is 9.18 Å². The number of nitrogens with one attached hydrogen (secondary N) is 2. The Bertz CT molecular complexity index is 681. The first-order chi connectivity index (χ1) is 11.0. The molecule has 0 saturated heterocycles. The highest BCUT2D eigenvalue weighted by molar-refractivity contribution is 5.90. The van der Waals surface area contributed by atoms with Crippen molar-refractivity contribution in [1.29, 1.82) is 0 Å². The summed E-state index contributed by atoms with van der Waals surface area (Å²) in [6, 6.07) is 6.38. The van der Waals surface area contributed by atoms with Gasteiger partial charge in [-0.1, -0.05) is 31.5 Å². The van der Waals surface area contributed by atoms with Gasteiger partial charge in [-0.25, -0.2) is 9.18 Å². The second-order valence-electron chi connectivity index (χ2n) is 5.53. The van der Waals surface area contributed by atoms with Crippen molar-refractivity contribution in [3.05, 3.63) is 47.0 Å². The van der Waals surface area contributed by atoms with E-state index in [1.165, 1.54) is 6.07 Å². The Morgan fingerprint density at radius 1 is 1.30 bits per heavy atom. The second kappa shape index (κ2) is 7.76. The summed E-state index contributed by atoms with van der Waals surface area (Å²) in [6.07, 6.45) is 1.97. The minimum absolute atomic E-state index is 0.241. The number of aryl methyl sites for hydroxylation is 1. The van der Waals surface area contributed by atoms with Crippen LogP contribution >= 0.6 is 0 Å². The molecule has 2 aromatic rings. The van der Waals surface area contributed by atoms with Crippen molar-refractivity contribution >= 4 is 11.7 Å². The summed E-state index contributed by atoms with van der Waals surface area (Å²) in [5.74, 6) is -0.258. The van der Waals surface area contributed by atoms with Gasteiger partial charge in [-0.3, -0.25) is 4.68 Å². The number of hydrogen-bond acceptors (Lipinski definition) is 2. The van der Waals surface area contributed by atoms with E-state index in [1.54, 1.807) is 22.9 Å². The Hall–Kier alpha value is -2.37. The molecule has 5 nitrogen and oxygen atoms in total. The first-order valence-electron chi connectivity index (χ1n) is 7.85. The van der Waals surface area contributed by atoms with Crippen LogP contribution in [0.5, 0.6) is 0 Å². The van der Waals surface area contributed by atoms with Gasteiger partial charge in [0.1, 0.15) is 5.82 Å². The van der Waals surface area contributed by atoms with Gasteiger partial charge in [0.15, 0.2) is 0 Å². The van der Waals surface area contributed by atoms with Gasteiger partial charge in [-0.2, -0.15) is 5.10 Å². The Labute approximate surface area is 135 Å². The Balaban J connectivity index is 2.10. The van der Waals surface area contributed by atoms with Crippen molar-refractivity contribution in [2.75, 3.05) is 11.9 Å². The number of carbonyl (C=O) groups excluding carboxylic acids is 1. The molecule has 23 heavy (non-hydrogen) atoms. The molecule has 0 radical (unpaired) electrons. The number of amides is 2. The van der Waals surface area contributed by atoms with Crippen LogP contribution in [0.4, 0.5) is 14.9 Å². The van der Waals surface area contributed by atoms with Gasteiger partial charge in [0.05, 0.1) is 23.6 Å². The molecule has 0 aliphatic rings. The largest absolute Gasteiger partial charge is 0.338 e. The van der Waals surface area contributed by atoms with E-state index >= 15 is 0 Å². The van der Waals surface area contributed by atoms with Crippen LogP contribution in [0.15, 0.2) is 24.3 Å². The maximum absolute atomic E-state index is 13.8. The van der Waals surface area contributed by atoms with E-state index in [-0.39, 0.29) is 11.8 Å². The molecular weight excluding hydrogens is 295 g/mol. The topological polar surface area (TPSA) is 59.0 Å². The van der Waals surface area contributed by atoms with Crippen LogP contribution in [0, 0.1) is 19.7 Å². The zero-order chi connectivity index (χ0) is 16.8. The molecule has 0 unspecified atom stereocenters. The number of carbonyl (C=O) groups is 1. The number of aromatic nitrogens is 2. The average Bonchev–Trinajstić information content (AvgIpc) is 2.77. The summed E-state index contributed by atoms with van der Waals surface area (Å²) in [6.45, 7) is 6.73. The van der Waals surface area contributed by atoms with E-state index in [1.807, 2.05) is 13.8 Å². The van der Waals surface area contributed by atoms with Gasteiger partial charge < -0.3 is 10.6 Å². The normalized spacial score (nSPS) is 10.6. The van der Waals surface area contributed by atoms with E-state index in [2.05, 4.69) is 22.7 Å². The molecule has 1 heterocycles. The highest BCUT2D eigenvalue weighted by atomic mass is 19.1. The van der Waals surface area contributed by atoms with Crippen LogP contribution in [0.1, 0.15) is 36.7 Å². The molecule has 2 rings (SSSR count). The van der Waals surface area contributed by atoms with Crippen molar-refractivity contribution in [2.45, 2.75) is 40.2 Å². The fourth-order valence-corrected chi connectivity index (χ4v) is 2.36. The summed E-state index contributed by atoms with van der Waals surface area (Å²) in [5, 5.41) is 10.0. The lowest BCUT2D eigenvalue weighted by Crippen LogP contribution is -2.29. The van der Waals surface area contributed by atoms with Gasteiger partial charge in [-0.15, -0.1) is 0 Å². The van der Waals surface area contributed by atoms with Gasteiger partial charge in [-0.05, 0) is 26.3 Å². The third kappa shape index (κ3) is 4.31. The number of benzene rings is 1. The molecule has 0 bridgehead atoms. The number of rotatable bonds is 6. The molecule has 0 fully saturated rings. The molecule has 1 aromatic carbocycles. The molecule has 2 amide bonds. The van der Waals surface area contributed by atoms with E-state index in [0.29, 0.717) is 30.0 Å². The molecule has 124 valence electrons. The van der Waals surface area contributed by atoms with Gasteiger partial charge in [0.25, 0.3) is 0 Å². The molecule has 2 N–H and O–H groups in total. The zero-order valence-corrected chi connectivity index (χ0v) is 13.8. The molecule has 0 aliphatic carbocycles. The van der Waals surface area contributed by atoms with E-state index in [0.717, 1.165) is 18.5 Å². The van der Waals surface area contributed by atoms with Crippen LogP contribution < -0.4 is 10.6 Å². The van der Waals surface area contributed by atoms with E-state index < -0.39 is 0 Å². The summed E-state index contributed by atoms with van der Waals surface area (Å²) >= 11 is 0. The standard InChI is InChI=1S/C17H23FN4O/c1-4-5-10-19-17(23)20-16-12(2)21-22(13(16)3)11-14-8-6-7-9-15(14)18/h6-9H,4-5,10-11H2,1-3H3,(H2,19,20,23). The number of unbranched alkanes of at least 4 members (excludes halogenated alkanes) is 1. The lowest BCUT2D eigenvalue weighted by atomic mass is 10.2. The maximum Gasteiger partial charge on any atom is 0.319 e. The van der Waals surface area contributed by atoms with Crippen molar-refractivity contribution in [2.24, 2.45) is 0 Å². The van der Waals surface area contributed by atoms with Crippen LogP contribution in [-0.2, 0) is 6.54 Å². The van der Waals surface area contributed by atoms with Crippen LogP contribution in [0.3, 0.4) is 0 Å². The smallest absolute Gasteiger partial charge is 0.319 e. The van der Waals surface area contributed by atoms with Crippen molar-refractivity contribution in [3.63, 3.8) is 0 Å². The van der Waals surface area contributed by atoms with Crippen LogP contribution in [0.25, 0.3) is 0 Å². The second-order valence-corrected chi connectivity index (χ2v) is 5.53. The Morgan fingerprint density at radius 3 is 2.74 bits per heavy atom. The average molecular weight is 318 g/mol. The van der Waals surface area contributed by atoms with Crippen LogP contribution in [0.2, 0.25) is 0 Å². The van der Waals surface area contributed by atoms with Gasteiger partial charge in [0.2, 0.25) is 0 Å². The monoisotopic (exact) mass is 318 g/mol. The maximum atomic E-state index is 13.8. The predicted molar refractivity (Wildman–Crippen MR) is 89.1 cm³/mol. The van der Waals surface area contributed by atoms with E-state index in [4.69, 9.17) is 0 Å². The fourth-order valence-electron chi connectivity index (χ4n) is 2.36. The quantitative estimate of drug-likeness (QED) is 0.799. The van der Waals surface area contributed by atoms with Crippen LogP contribution in [-0.4, -0.2) is 22.4 Å². The molecule has 0 atom stereocenters. The number of hydrogen-bond donors (Lipinski definition) is 2. The lowest BCUT2D eigenvalue weighted by Gasteiger charge is -2.09. The minimum atomic E-state index is -0.258. The summed E-state index contributed by atoms with van der Waals surface area (Å²) in [7, 11) is 0. The third-order valence-corrected chi connectivity index (χ3v) is 3.71. The fraction of sp³-hybridized carbons (Fsp3) is 0.412. The predicted octanol–water partition coefficient (Wildman–Crippen LogP) is 3.61. The molecule has 0 spiro atoms. The number of halogens is 1. The van der Waals surface area contributed by atoms with Crippen molar-refractivity contribution in [3.8, 4) is 0 Å². The third-order valence-electron chi connectivity index (χ3n) is 3.71.